The smallest absolute Gasteiger partial charge is 0.332 e. The third-order valence-electron chi connectivity index (χ3n) is 3.88. The second-order valence-corrected chi connectivity index (χ2v) is 7.28. The molecule has 0 aliphatic carbocycles. The lowest BCUT2D eigenvalue weighted by Crippen LogP contribution is -2.34. The van der Waals surface area contributed by atoms with Crippen LogP contribution in [0.3, 0.4) is 0 Å². The Morgan fingerprint density at radius 2 is 1.46 bits per heavy atom. The van der Waals surface area contributed by atoms with E-state index in [2.05, 4.69) is 6.58 Å². The van der Waals surface area contributed by atoms with Crippen LogP contribution >= 0.6 is 0 Å². The number of benzene rings is 2. The molecule has 1 unspecified atom stereocenters. The molecule has 0 spiro atoms. The monoisotopic (exact) mass is 349 g/mol. The van der Waals surface area contributed by atoms with Crippen LogP contribution in [-0.2, 0) is 9.53 Å². The van der Waals surface area contributed by atoms with E-state index in [4.69, 9.17) is 9.73 Å². The van der Waals surface area contributed by atoms with E-state index >= 15 is 0 Å². The van der Waals surface area contributed by atoms with Crippen molar-refractivity contribution in [2.24, 2.45) is 10.9 Å². The third-order valence-corrected chi connectivity index (χ3v) is 3.88. The molecule has 0 aliphatic rings. The predicted molar refractivity (Wildman–Crippen MR) is 108 cm³/mol. The largest absolute Gasteiger partial charge is 0.458 e. The topological polar surface area (TPSA) is 38.7 Å². The highest BCUT2D eigenvalue weighted by molar-refractivity contribution is 6.13. The van der Waals surface area contributed by atoms with Crippen molar-refractivity contribution in [3.63, 3.8) is 0 Å². The highest BCUT2D eigenvalue weighted by atomic mass is 16.6. The van der Waals surface area contributed by atoms with Gasteiger partial charge in [0.05, 0.1) is 5.71 Å². The van der Waals surface area contributed by atoms with Gasteiger partial charge < -0.3 is 4.74 Å². The molecule has 0 radical (unpaired) electrons. The Balaban J connectivity index is 2.53. The van der Waals surface area contributed by atoms with Gasteiger partial charge in [0.1, 0.15) is 5.60 Å². The number of carbonyl (C=O) groups excluding carboxylic acids is 1. The zero-order valence-electron chi connectivity index (χ0n) is 16.0. The normalized spacial score (nSPS) is 13.4. The second kappa shape index (κ2) is 8.61. The highest BCUT2D eigenvalue weighted by Gasteiger charge is 2.29. The van der Waals surface area contributed by atoms with Crippen molar-refractivity contribution in [2.75, 3.05) is 0 Å². The summed E-state index contributed by atoms with van der Waals surface area (Å²) >= 11 is 0. The minimum absolute atomic E-state index is 0.146. The number of aliphatic imine (C=N–C) groups is 1. The van der Waals surface area contributed by atoms with Crippen LogP contribution in [0.4, 0.5) is 0 Å². The lowest BCUT2D eigenvalue weighted by molar-refractivity contribution is -0.157. The summed E-state index contributed by atoms with van der Waals surface area (Å²) in [6, 6.07) is 19.1. The maximum atomic E-state index is 12.8. The van der Waals surface area contributed by atoms with Crippen molar-refractivity contribution >= 4 is 11.7 Å². The maximum absolute atomic E-state index is 12.8. The summed E-state index contributed by atoms with van der Waals surface area (Å²) in [4.78, 5) is 17.6. The molecule has 2 rings (SSSR count). The lowest BCUT2D eigenvalue weighted by atomic mass is 9.98. The molecule has 2 atom stereocenters. The van der Waals surface area contributed by atoms with E-state index in [0.29, 0.717) is 0 Å². The molecule has 0 N–H and O–H groups in total. The Kier molecular flexibility index (Phi) is 6.51. The molecule has 0 fully saturated rings. The first kappa shape index (κ1) is 19.6. The van der Waals surface area contributed by atoms with Crippen LogP contribution < -0.4 is 0 Å². The minimum Gasteiger partial charge on any atom is -0.458 e. The summed E-state index contributed by atoms with van der Waals surface area (Å²) in [6.07, 6.45) is 1.74. The lowest BCUT2D eigenvalue weighted by Gasteiger charge is -2.25. The predicted octanol–water partition coefficient (Wildman–Crippen LogP) is 5.06. The molecule has 0 aliphatic heterocycles. The molecule has 136 valence electrons. The minimum atomic E-state index is -0.651. The fraction of sp³-hybridized carbons (Fsp3) is 0.304. The van der Waals surface area contributed by atoms with Crippen molar-refractivity contribution in [2.45, 2.75) is 39.3 Å². The number of hydrogen-bond donors (Lipinski definition) is 0. The van der Waals surface area contributed by atoms with Gasteiger partial charge in [-0.1, -0.05) is 73.7 Å². The second-order valence-electron chi connectivity index (χ2n) is 7.28. The Morgan fingerprint density at radius 3 is 1.85 bits per heavy atom. The quantitative estimate of drug-likeness (QED) is 0.415. The van der Waals surface area contributed by atoms with Crippen LogP contribution in [0.25, 0.3) is 0 Å². The van der Waals surface area contributed by atoms with Crippen molar-refractivity contribution in [3.05, 3.63) is 84.4 Å². The van der Waals surface area contributed by atoms with Gasteiger partial charge in [0, 0.05) is 17.0 Å². The zero-order chi connectivity index (χ0) is 19.2. The fourth-order valence-corrected chi connectivity index (χ4v) is 2.52. The van der Waals surface area contributed by atoms with Crippen molar-refractivity contribution < 1.29 is 9.53 Å². The number of rotatable bonds is 6. The van der Waals surface area contributed by atoms with Crippen LogP contribution in [-0.4, -0.2) is 23.3 Å². The molecule has 0 heterocycles. The number of hydrogen-bond acceptors (Lipinski definition) is 3. The van der Waals surface area contributed by atoms with E-state index in [1.165, 1.54) is 0 Å². The molecular weight excluding hydrogens is 322 g/mol. The third kappa shape index (κ3) is 5.41. The summed E-state index contributed by atoms with van der Waals surface area (Å²) < 4.78 is 5.60. The highest BCUT2D eigenvalue weighted by Crippen LogP contribution is 2.19. The van der Waals surface area contributed by atoms with Gasteiger partial charge >= 0.3 is 5.97 Å². The maximum Gasteiger partial charge on any atom is 0.332 e. The van der Waals surface area contributed by atoms with Gasteiger partial charge in [0.25, 0.3) is 0 Å². The standard InChI is InChI=1S/C23H27NO2/c1-6-17(2)20(22(25)26-23(3,4)5)24-21(18-13-9-7-10-14-18)19-15-11-8-12-16-19/h6-17,20H,1H2,2-5H3/t17?,20-/m1/s1. The van der Waals surface area contributed by atoms with Gasteiger partial charge in [0.2, 0.25) is 0 Å². The average molecular weight is 349 g/mol. The van der Waals surface area contributed by atoms with E-state index in [1.54, 1.807) is 6.08 Å². The van der Waals surface area contributed by atoms with Gasteiger partial charge in [0.15, 0.2) is 6.04 Å². The number of ether oxygens (including phenoxy) is 1. The first-order chi connectivity index (χ1) is 12.3. The van der Waals surface area contributed by atoms with E-state index in [-0.39, 0.29) is 11.9 Å². The molecule has 26 heavy (non-hydrogen) atoms. The molecule has 0 aromatic heterocycles. The van der Waals surface area contributed by atoms with Crippen LogP contribution in [0.1, 0.15) is 38.8 Å². The van der Waals surface area contributed by atoms with Crippen molar-refractivity contribution in [3.8, 4) is 0 Å². The van der Waals surface area contributed by atoms with E-state index in [9.17, 15) is 4.79 Å². The average Bonchev–Trinajstić information content (AvgIpc) is 2.62. The van der Waals surface area contributed by atoms with Crippen LogP contribution in [0.15, 0.2) is 78.3 Å². The molecule has 0 amide bonds. The first-order valence-electron chi connectivity index (χ1n) is 8.86. The van der Waals surface area contributed by atoms with E-state index in [0.717, 1.165) is 16.8 Å². The zero-order valence-corrected chi connectivity index (χ0v) is 16.0. The van der Waals surface area contributed by atoms with Gasteiger partial charge in [-0.3, -0.25) is 4.99 Å². The summed E-state index contributed by atoms with van der Waals surface area (Å²) in [5.41, 5.74) is 2.13. The van der Waals surface area contributed by atoms with Gasteiger partial charge in [-0.15, -0.1) is 6.58 Å². The summed E-state index contributed by atoms with van der Waals surface area (Å²) in [6.45, 7) is 11.3. The van der Waals surface area contributed by atoms with Gasteiger partial charge in [-0.25, -0.2) is 4.79 Å². The number of carbonyl (C=O) groups is 1. The Labute approximate surface area is 156 Å². The number of esters is 1. The summed E-state index contributed by atoms with van der Waals surface area (Å²) in [5.74, 6) is -0.485. The van der Waals surface area contributed by atoms with Crippen molar-refractivity contribution in [1.82, 2.24) is 0 Å². The summed E-state index contributed by atoms with van der Waals surface area (Å²) in [5, 5.41) is 0. The Bertz CT molecular complexity index is 716. The molecular formula is C23H27NO2. The van der Waals surface area contributed by atoms with Crippen molar-refractivity contribution in [1.29, 1.82) is 0 Å². The Hall–Kier alpha value is -2.68. The molecule has 2 aromatic carbocycles. The summed E-state index contributed by atoms with van der Waals surface area (Å²) in [7, 11) is 0. The first-order valence-corrected chi connectivity index (χ1v) is 8.86. The van der Waals surface area contributed by atoms with E-state index < -0.39 is 11.6 Å². The molecule has 0 bridgehead atoms. The van der Waals surface area contributed by atoms with Crippen LogP contribution in [0.5, 0.6) is 0 Å². The molecule has 3 nitrogen and oxygen atoms in total. The fourth-order valence-electron chi connectivity index (χ4n) is 2.52. The van der Waals surface area contributed by atoms with Crippen LogP contribution in [0, 0.1) is 5.92 Å². The molecule has 0 saturated heterocycles. The molecule has 0 saturated carbocycles. The number of nitrogens with zero attached hydrogens (tertiary/aromatic N) is 1. The molecule has 2 aromatic rings. The molecule has 3 heteroatoms. The van der Waals surface area contributed by atoms with Crippen LogP contribution in [0.2, 0.25) is 0 Å². The SMILES string of the molecule is C=CC(C)[C@@H](N=C(c1ccccc1)c1ccccc1)C(=O)OC(C)(C)C. The van der Waals surface area contributed by atoms with Gasteiger partial charge in [-0.05, 0) is 20.8 Å². The van der Waals surface area contributed by atoms with Gasteiger partial charge in [-0.2, -0.15) is 0 Å². The van der Waals surface area contributed by atoms with E-state index in [1.807, 2.05) is 88.4 Å². The Morgan fingerprint density at radius 1 is 1.00 bits per heavy atom.